The first-order valence-electron chi connectivity index (χ1n) is 7.11. The smallest absolute Gasteiger partial charge is 0.286 e. The standard InChI is InChI=1S/C16H18N4O3/c1-11(21)18-14(12-6-3-2-4-7-12)10-15(22)19-20-16(23)13-8-5-9-17-13/h2-9,14,17H,10H2,1H3,(H,18,21)(H,19,22)(H,20,23)/t14-/m1/s1. The highest BCUT2D eigenvalue weighted by atomic mass is 16.2. The quantitative estimate of drug-likeness (QED) is 0.620. The average Bonchev–Trinajstić information content (AvgIpc) is 3.07. The van der Waals surface area contributed by atoms with Gasteiger partial charge in [-0.3, -0.25) is 25.2 Å². The molecular formula is C16H18N4O3. The number of benzene rings is 1. The van der Waals surface area contributed by atoms with Gasteiger partial charge in [-0.15, -0.1) is 0 Å². The molecule has 3 amide bonds. The number of hydrogen-bond donors (Lipinski definition) is 4. The van der Waals surface area contributed by atoms with E-state index in [4.69, 9.17) is 0 Å². The minimum absolute atomic E-state index is 0.00853. The molecule has 7 nitrogen and oxygen atoms in total. The molecule has 2 aromatic rings. The van der Waals surface area contributed by atoms with Gasteiger partial charge in [0.2, 0.25) is 11.8 Å². The molecule has 0 radical (unpaired) electrons. The van der Waals surface area contributed by atoms with Crippen molar-refractivity contribution in [3.8, 4) is 0 Å². The van der Waals surface area contributed by atoms with E-state index in [0.717, 1.165) is 5.56 Å². The minimum Gasteiger partial charge on any atom is -0.357 e. The Kier molecular flexibility index (Phi) is 5.51. The van der Waals surface area contributed by atoms with Gasteiger partial charge in [-0.2, -0.15) is 0 Å². The number of aromatic amines is 1. The third-order valence-corrected chi connectivity index (χ3v) is 3.13. The van der Waals surface area contributed by atoms with Crippen molar-refractivity contribution in [1.29, 1.82) is 0 Å². The molecule has 1 aromatic heterocycles. The van der Waals surface area contributed by atoms with Crippen LogP contribution in [0, 0.1) is 0 Å². The zero-order chi connectivity index (χ0) is 16.7. The molecule has 1 aromatic carbocycles. The van der Waals surface area contributed by atoms with E-state index in [2.05, 4.69) is 21.2 Å². The van der Waals surface area contributed by atoms with Crippen LogP contribution < -0.4 is 16.2 Å². The molecule has 1 atom stereocenters. The number of amides is 3. The van der Waals surface area contributed by atoms with Crippen LogP contribution in [0.25, 0.3) is 0 Å². The van der Waals surface area contributed by atoms with E-state index in [0.29, 0.717) is 5.69 Å². The van der Waals surface area contributed by atoms with Crippen LogP contribution in [0.1, 0.15) is 35.4 Å². The third-order valence-electron chi connectivity index (χ3n) is 3.13. The van der Waals surface area contributed by atoms with Crippen molar-refractivity contribution in [2.45, 2.75) is 19.4 Å². The largest absolute Gasteiger partial charge is 0.357 e. The highest BCUT2D eigenvalue weighted by Gasteiger charge is 2.17. The van der Waals surface area contributed by atoms with Crippen LogP contribution in [0.4, 0.5) is 0 Å². The van der Waals surface area contributed by atoms with Gasteiger partial charge in [0.15, 0.2) is 0 Å². The van der Waals surface area contributed by atoms with Gasteiger partial charge in [-0.05, 0) is 17.7 Å². The third kappa shape index (κ3) is 4.99. The molecule has 4 N–H and O–H groups in total. The second kappa shape index (κ2) is 7.79. The van der Waals surface area contributed by atoms with Gasteiger partial charge in [0.25, 0.3) is 5.91 Å². The van der Waals surface area contributed by atoms with Crippen LogP contribution in [0.5, 0.6) is 0 Å². The van der Waals surface area contributed by atoms with Crippen molar-refractivity contribution in [2.24, 2.45) is 0 Å². The second-order valence-electron chi connectivity index (χ2n) is 4.95. The van der Waals surface area contributed by atoms with Gasteiger partial charge in [-0.25, -0.2) is 0 Å². The molecule has 120 valence electrons. The first kappa shape index (κ1) is 16.3. The zero-order valence-corrected chi connectivity index (χ0v) is 12.6. The van der Waals surface area contributed by atoms with E-state index in [1.54, 1.807) is 18.3 Å². The average molecular weight is 314 g/mol. The molecule has 2 rings (SSSR count). The lowest BCUT2D eigenvalue weighted by atomic mass is 10.0. The van der Waals surface area contributed by atoms with E-state index in [1.165, 1.54) is 6.92 Å². The van der Waals surface area contributed by atoms with E-state index < -0.39 is 17.9 Å². The molecule has 0 saturated carbocycles. The van der Waals surface area contributed by atoms with Crippen molar-refractivity contribution < 1.29 is 14.4 Å². The lowest BCUT2D eigenvalue weighted by Gasteiger charge is -2.18. The predicted octanol–water partition coefficient (Wildman–Crippen LogP) is 1.04. The summed E-state index contributed by atoms with van der Waals surface area (Å²) in [5.41, 5.74) is 5.80. The van der Waals surface area contributed by atoms with Crippen molar-refractivity contribution in [1.82, 2.24) is 21.2 Å². The molecule has 1 heterocycles. The Bertz CT molecular complexity index is 668. The van der Waals surface area contributed by atoms with Crippen LogP contribution >= 0.6 is 0 Å². The monoisotopic (exact) mass is 314 g/mol. The molecule has 0 unspecified atom stereocenters. The van der Waals surface area contributed by atoms with Gasteiger partial charge in [0, 0.05) is 13.1 Å². The number of nitrogens with one attached hydrogen (secondary N) is 4. The Morgan fingerprint density at radius 3 is 2.39 bits per heavy atom. The van der Waals surface area contributed by atoms with E-state index in [-0.39, 0.29) is 12.3 Å². The van der Waals surface area contributed by atoms with Crippen LogP contribution in [-0.4, -0.2) is 22.7 Å². The van der Waals surface area contributed by atoms with Crippen molar-refractivity contribution in [2.75, 3.05) is 0 Å². The number of hydrogen-bond acceptors (Lipinski definition) is 3. The lowest BCUT2D eigenvalue weighted by Crippen LogP contribution is -2.43. The van der Waals surface area contributed by atoms with Crippen LogP contribution in [0.15, 0.2) is 48.7 Å². The zero-order valence-electron chi connectivity index (χ0n) is 12.6. The SMILES string of the molecule is CC(=O)N[C@H](CC(=O)NNC(=O)c1ccc[nH]1)c1ccccc1. The molecule has 0 aliphatic rings. The molecule has 23 heavy (non-hydrogen) atoms. The molecule has 0 bridgehead atoms. The Morgan fingerprint density at radius 1 is 1.04 bits per heavy atom. The van der Waals surface area contributed by atoms with Crippen molar-refractivity contribution >= 4 is 17.7 Å². The van der Waals surface area contributed by atoms with Gasteiger partial charge in [-0.1, -0.05) is 30.3 Å². The number of carbonyl (C=O) groups excluding carboxylic acids is 3. The van der Waals surface area contributed by atoms with Crippen LogP contribution in [-0.2, 0) is 9.59 Å². The van der Waals surface area contributed by atoms with E-state index in [9.17, 15) is 14.4 Å². The number of hydrazine groups is 1. The maximum Gasteiger partial charge on any atom is 0.286 e. The van der Waals surface area contributed by atoms with Crippen molar-refractivity contribution in [3.05, 3.63) is 59.9 Å². The first-order valence-corrected chi connectivity index (χ1v) is 7.11. The molecule has 0 aliphatic carbocycles. The Hall–Kier alpha value is -3.09. The Balaban J connectivity index is 1.92. The first-order chi connectivity index (χ1) is 11.1. The Labute approximate surface area is 133 Å². The lowest BCUT2D eigenvalue weighted by molar-refractivity contribution is -0.123. The minimum atomic E-state index is -0.462. The maximum atomic E-state index is 12.0. The molecule has 0 aliphatic heterocycles. The number of H-pyrrole nitrogens is 1. The highest BCUT2D eigenvalue weighted by Crippen LogP contribution is 2.16. The van der Waals surface area contributed by atoms with Crippen LogP contribution in [0.3, 0.4) is 0 Å². The number of rotatable bonds is 5. The summed E-state index contributed by atoms with van der Waals surface area (Å²) in [5, 5.41) is 2.72. The summed E-state index contributed by atoms with van der Waals surface area (Å²) in [6.45, 7) is 1.39. The van der Waals surface area contributed by atoms with E-state index in [1.807, 2.05) is 30.3 Å². The number of aromatic nitrogens is 1. The summed E-state index contributed by atoms with van der Waals surface area (Å²) >= 11 is 0. The fraction of sp³-hybridized carbons (Fsp3) is 0.188. The van der Waals surface area contributed by atoms with Crippen molar-refractivity contribution in [3.63, 3.8) is 0 Å². The fourth-order valence-corrected chi connectivity index (χ4v) is 2.08. The summed E-state index contributed by atoms with van der Waals surface area (Å²) in [5.74, 6) is -1.09. The van der Waals surface area contributed by atoms with Gasteiger partial charge in [0.1, 0.15) is 5.69 Å². The summed E-state index contributed by atoms with van der Waals surface area (Å²) in [7, 11) is 0. The highest BCUT2D eigenvalue weighted by molar-refractivity contribution is 5.93. The Morgan fingerprint density at radius 2 is 1.78 bits per heavy atom. The molecule has 0 fully saturated rings. The molecule has 0 saturated heterocycles. The number of carbonyl (C=O) groups is 3. The van der Waals surface area contributed by atoms with Gasteiger partial charge in [0.05, 0.1) is 12.5 Å². The molecular weight excluding hydrogens is 296 g/mol. The summed E-state index contributed by atoms with van der Waals surface area (Å²) in [4.78, 5) is 37.8. The van der Waals surface area contributed by atoms with Gasteiger partial charge < -0.3 is 10.3 Å². The van der Waals surface area contributed by atoms with E-state index >= 15 is 0 Å². The summed E-state index contributed by atoms with van der Waals surface area (Å²) < 4.78 is 0. The van der Waals surface area contributed by atoms with Crippen LogP contribution in [0.2, 0.25) is 0 Å². The molecule has 0 spiro atoms. The maximum absolute atomic E-state index is 12.0. The summed E-state index contributed by atoms with van der Waals surface area (Å²) in [6.07, 6.45) is 1.62. The van der Waals surface area contributed by atoms with Gasteiger partial charge >= 0.3 is 0 Å². The second-order valence-corrected chi connectivity index (χ2v) is 4.95. The fourth-order valence-electron chi connectivity index (χ4n) is 2.08. The topological polar surface area (TPSA) is 103 Å². The molecule has 7 heteroatoms. The normalized spacial score (nSPS) is 11.3. The summed E-state index contributed by atoms with van der Waals surface area (Å²) in [6, 6.07) is 12.0. The predicted molar refractivity (Wildman–Crippen MR) is 84.0 cm³/mol.